The van der Waals surface area contributed by atoms with Gasteiger partial charge in [0.15, 0.2) is 0 Å². The molecule has 21 heavy (non-hydrogen) atoms. The highest BCUT2D eigenvalue weighted by molar-refractivity contribution is 7.85. The van der Waals surface area contributed by atoms with Crippen LogP contribution in [0.2, 0.25) is 0 Å². The van der Waals surface area contributed by atoms with Gasteiger partial charge in [0.25, 0.3) is 10.1 Å². The standard InChI is InChI=1S/C7H13N3.C7H8O3S/c1-9-4-6-10(3-2-8)7-5-9;1-6-2-4-7(5-3-6)11(8,9)10/h3-7H2,1H3;2-5H,1H3,(H,8,9,10). The molecule has 116 valence electrons. The van der Waals surface area contributed by atoms with Crippen LogP contribution in [-0.2, 0) is 10.1 Å². The van der Waals surface area contributed by atoms with Crippen molar-refractivity contribution >= 4 is 10.1 Å². The number of piperazine rings is 1. The van der Waals surface area contributed by atoms with Gasteiger partial charge in [-0.3, -0.25) is 9.45 Å². The monoisotopic (exact) mass is 311 g/mol. The lowest BCUT2D eigenvalue weighted by atomic mass is 10.2. The lowest BCUT2D eigenvalue weighted by Crippen LogP contribution is -2.44. The molecule has 0 atom stereocenters. The Morgan fingerprint density at radius 2 is 1.71 bits per heavy atom. The number of hydrogen-bond acceptors (Lipinski definition) is 5. The fourth-order valence-corrected chi connectivity index (χ4v) is 2.30. The topological polar surface area (TPSA) is 84.6 Å². The van der Waals surface area contributed by atoms with Crippen LogP contribution >= 0.6 is 0 Å². The Labute approximate surface area is 126 Å². The van der Waals surface area contributed by atoms with Crippen molar-refractivity contribution < 1.29 is 13.0 Å². The molecule has 1 heterocycles. The van der Waals surface area contributed by atoms with Crippen LogP contribution in [0.25, 0.3) is 0 Å². The molecule has 1 fully saturated rings. The van der Waals surface area contributed by atoms with Gasteiger partial charge >= 0.3 is 0 Å². The lowest BCUT2D eigenvalue weighted by Gasteiger charge is -2.30. The van der Waals surface area contributed by atoms with Crippen molar-refractivity contribution in [1.82, 2.24) is 9.80 Å². The SMILES string of the molecule is CN1CCN(CC#N)CC1.Cc1ccc(S(=O)(=O)O)cc1. The molecule has 2 rings (SSSR count). The molecule has 1 N–H and O–H groups in total. The van der Waals surface area contributed by atoms with Crippen molar-refractivity contribution in [3.63, 3.8) is 0 Å². The number of benzene rings is 1. The summed E-state index contributed by atoms with van der Waals surface area (Å²) in [6.45, 7) is 6.72. The highest BCUT2D eigenvalue weighted by atomic mass is 32.2. The summed E-state index contributed by atoms with van der Waals surface area (Å²) >= 11 is 0. The van der Waals surface area contributed by atoms with Crippen LogP contribution in [0.4, 0.5) is 0 Å². The molecule has 1 aliphatic rings. The Bertz CT molecular complexity index is 570. The van der Waals surface area contributed by atoms with E-state index in [1.165, 1.54) is 12.1 Å². The minimum absolute atomic E-state index is 0.0666. The van der Waals surface area contributed by atoms with E-state index in [4.69, 9.17) is 9.81 Å². The van der Waals surface area contributed by atoms with Crippen molar-refractivity contribution in [3.8, 4) is 6.07 Å². The maximum Gasteiger partial charge on any atom is 0.294 e. The van der Waals surface area contributed by atoms with Gasteiger partial charge in [-0.05, 0) is 26.1 Å². The van der Waals surface area contributed by atoms with Gasteiger partial charge in [0.05, 0.1) is 17.5 Å². The van der Waals surface area contributed by atoms with Gasteiger partial charge in [-0.2, -0.15) is 13.7 Å². The first-order valence-electron chi connectivity index (χ1n) is 6.65. The van der Waals surface area contributed by atoms with Gasteiger partial charge in [0.1, 0.15) is 0 Å². The third kappa shape index (κ3) is 6.69. The van der Waals surface area contributed by atoms with E-state index in [0.717, 1.165) is 31.7 Å². The van der Waals surface area contributed by atoms with Crippen LogP contribution in [0, 0.1) is 18.3 Å². The van der Waals surface area contributed by atoms with Crippen LogP contribution < -0.4 is 0 Å². The second kappa shape index (κ2) is 8.10. The molecule has 1 aliphatic heterocycles. The Balaban J connectivity index is 0.000000211. The summed E-state index contributed by atoms with van der Waals surface area (Å²) in [5, 5.41) is 8.38. The average Bonchev–Trinajstić information content (AvgIpc) is 2.42. The Morgan fingerprint density at radius 1 is 1.19 bits per heavy atom. The van der Waals surface area contributed by atoms with Crippen LogP contribution in [0.1, 0.15) is 5.56 Å². The van der Waals surface area contributed by atoms with Gasteiger partial charge < -0.3 is 4.90 Å². The number of likely N-dealkylation sites (N-methyl/N-ethyl adjacent to an activating group) is 1. The summed E-state index contributed by atoms with van der Waals surface area (Å²) in [6, 6.07) is 8.15. The molecular formula is C14H21N3O3S. The summed E-state index contributed by atoms with van der Waals surface area (Å²) in [5.41, 5.74) is 0.956. The van der Waals surface area contributed by atoms with Gasteiger partial charge in [0.2, 0.25) is 0 Å². The molecule has 0 aromatic heterocycles. The summed E-state index contributed by atoms with van der Waals surface area (Å²) in [5.74, 6) is 0. The smallest absolute Gasteiger partial charge is 0.294 e. The predicted molar refractivity (Wildman–Crippen MR) is 80.5 cm³/mol. The van der Waals surface area contributed by atoms with Crippen LogP contribution in [-0.4, -0.2) is 62.5 Å². The normalized spacial score (nSPS) is 16.7. The minimum Gasteiger partial charge on any atom is -0.304 e. The molecule has 1 saturated heterocycles. The van der Waals surface area contributed by atoms with Crippen LogP contribution in [0.5, 0.6) is 0 Å². The van der Waals surface area contributed by atoms with Gasteiger partial charge in [-0.25, -0.2) is 0 Å². The zero-order valence-electron chi connectivity index (χ0n) is 12.4. The molecule has 0 unspecified atom stereocenters. The van der Waals surface area contributed by atoms with E-state index in [-0.39, 0.29) is 4.90 Å². The highest BCUT2D eigenvalue weighted by Gasteiger charge is 2.11. The lowest BCUT2D eigenvalue weighted by molar-refractivity contribution is 0.168. The summed E-state index contributed by atoms with van der Waals surface area (Å²) < 4.78 is 29.6. The third-order valence-electron chi connectivity index (χ3n) is 3.21. The van der Waals surface area contributed by atoms with Crippen molar-refractivity contribution in [2.75, 3.05) is 39.8 Å². The second-order valence-corrected chi connectivity index (χ2v) is 6.45. The zero-order chi connectivity index (χ0) is 15.9. The largest absolute Gasteiger partial charge is 0.304 e. The molecular weight excluding hydrogens is 290 g/mol. The molecule has 0 aliphatic carbocycles. The van der Waals surface area contributed by atoms with Crippen molar-refractivity contribution in [2.24, 2.45) is 0 Å². The molecule has 1 aromatic carbocycles. The van der Waals surface area contributed by atoms with E-state index in [0.29, 0.717) is 6.54 Å². The van der Waals surface area contributed by atoms with E-state index in [2.05, 4.69) is 22.9 Å². The van der Waals surface area contributed by atoms with Crippen LogP contribution in [0.3, 0.4) is 0 Å². The Hall–Kier alpha value is -1.46. The van der Waals surface area contributed by atoms with Crippen molar-refractivity contribution in [1.29, 1.82) is 5.26 Å². The van der Waals surface area contributed by atoms with E-state index in [1.807, 2.05) is 6.92 Å². The number of hydrogen-bond donors (Lipinski definition) is 1. The number of aryl methyl sites for hydroxylation is 1. The van der Waals surface area contributed by atoms with Gasteiger partial charge in [0, 0.05) is 26.2 Å². The maximum atomic E-state index is 10.5. The molecule has 7 heteroatoms. The fraction of sp³-hybridized carbons (Fsp3) is 0.500. The van der Waals surface area contributed by atoms with Gasteiger partial charge in [-0.15, -0.1) is 0 Å². The Morgan fingerprint density at radius 3 is 2.14 bits per heavy atom. The first-order chi connectivity index (χ1) is 9.82. The molecule has 1 aromatic rings. The summed E-state index contributed by atoms with van der Waals surface area (Å²) in [6.07, 6.45) is 0. The van der Waals surface area contributed by atoms with E-state index >= 15 is 0 Å². The third-order valence-corrected chi connectivity index (χ3v) is 4.08. The Kier molecular flexibility index (Phi) is 6.78. The first kappa shape index (κ1) is 17.6. The molecule has 0 bridgehead atoms. The molecule has 0 saturated carbocycles. The number of nitriles is 1. The maximum absolute atomic E-state index is 10.5. The average molecular weight is 311 g/mol. The summed E-state index contributed by atoms with van der Waals surface area (Å²) in [7, 11) is -1.90. The fourth-order valence-electron chi connectivity index (χ4n) is 1.82. The van der Waals surface area contributed by atoms with Crippen molar-refractivity contribution in [3.05, 3.63) is 29.8 Å². The molecule has 0 spiro atoms. The number of nitrogens with zero attached hydrogens (tertiary/aromatic N) is 3. The van der Waals surface area contributed by atoms with Gasteiger partial charge in [-0.1, -0.05) is 17.7 Å². The predicted octanol–water partition coefficient (Wildman–Crippen LogP) is 0.999. The number of rotatable bonds is 2. The summed E-state index contributed by atoms with van der Waals surface area (Å²) in [4.78, 5) is 4.40. The molecule has 0 amide bonds. The zero-order valence-corrected chi connectivity index (χ0v) is 13.2. The molecule has 0 radical (unpaired) electrons. The quantitative estimate of drug-likeness (QED) is 0.648. The van der Waals surface area contributed by atoms with E-state index in [1.54, 1.807) is 12.1 Å². The van der Waals surface area contributed by atoms with E-state index in [9.17, 15) is 8.42 Å². The second-order valence-electron chi connectivity index (χ2n) is 5.03. The van der Waals surface area contributed by atoms with E-state index < -0.39 is 10.1 Å². The van der Waals surface area contributed by atoms with Crippen molar-refractivity contribution in [2.45, 2.75) is 11.8 Å². The first-order valence-corrected chi connectivity index (χ1v) is 8.09. The minimum atomic E-state index is -4.02. The molecule has 6 nitrogen and oxygen atoms in total. The van der Waals surface area contributed by atoms with Crippen LogP contribution in [0.15, 0.2) is 29.2 Å². The highest BCUT2D eigenvalue weighted by Crippen LogP contribution is 2.08.